The van der Waals surface area contributed by atoms with Gasteiger partial charge in [0.05, 0.1) is 5.69 Å². The van der Waals surface area contributed by atoms with Crippen LogP contribution in [0.4, 0.5) is 23.7 Å². The first-order chi connectivity index (χ1) is 11.1. The van der Waals surface area contributed by atoms with Crippen LogP contribution >= 0.6 is 0 Å². The van der Waals surface area contributed by atoms with E-state index in [9.17, 15) is 18.0 Å². The molecule has 0 bridgehead atoms. The molecule has 130 valence electrons. The van der Waals surface area contributed by atoms with Crippen LogP contribution in [0.15, 0.2) is 24.3 Å². The van der Waals surface area contributed by atoms with Crippen molar-refractivity contribution in [1.29, 1.82) is 0 Å². The fourth-order valence-corrected chi connectivity index (χ4v) is 2.46. The molecule has 0 saturated carbocycles. The third kappa shape index (κ3) is 3.87. The number of hydrogen-bond acceptors (Lipinski definition) is 2. The molecule has 2 N–H and O–H groups in total. The van der Waals surface area contributed by atoms with Gasteiger partial charge in [0.1, 0.15) is 0 Å². The summed E-state index contributed by atoms with van der Waals surface area (Å²) in [5.41, 5.74) is 1.94. The lowest BCUT2D eigenvalue weighted by Gasteiger charge is -2.22. The maximum atomic E-state index is 13.4. The second kappa shape index (κ2) is 6.54. The molecular weight excluding hydrogens is 321 g/mol. The minimum Gasteiger partial charge on any atom is -0.322 e. The first kappa shape index (κ1) is 17.8. The molecule has 1 aromatic heterocycles. The van der Waals surface area contributed by atoms with Gasteiger partial charge in [0.2, 0.25) is 0 Å². The third-order valence-corrected chi connectivity index (χ3v) is 3.77. The molecule has 0 aliphatic heterocycles. The number of halogens is 3. The van der Waals surface area contributed by atoms with Gasteiger partial charge in [-0.1, -0.05) is 17.7 Å². The minimum atomic E-state index is -4.64. The summed E-state index contributed by atoms with van der Waals surface area (Å²) >= 11 is 0. The van der Waals surface area contributed by atoms with Crippen molar-refractivity contribution in [2.24, 2.45) is 7.05 Å². The maximum Gasteiger partial charge on any atom is 0.413 e. The predicted molar refractivity (Wildman–Crippen MR) is 84.8 cm³/mol. The van der Waals surface area contributed by atoms with Crippen molar-refractivity contribution in [3.05, 3.63) is 46.8 Å². The molecule has 1 aromatic carbocycles. The monoisotopic (exact) mass is 340 g/mol. The number of amides is 2. The number of nitrogens with one attached hydrogen (secondary N) is 2. The van der Waals surface area contributed by atoms with Gasteiger partial charge in [0.25, 0.3) is 0 Å². The summed E-state index contributed by atoms with van der Waals surface area (Å²) in [4.78, 5) is 12.0. The number of nitrogens with zero attached hydrogens (tertiary/aromatic N) is 2. The lowest BCUT2D eigenvalue weighted by Crippen LogP contribution is -2.41. The highest BCUT2D eigenvalue weighted by molar-refractivity contribution is 5.89. The molecule has 24 heavy (non-hydrogen) atoms. The lowest BCUT2D eigenvalue weighted by atomic mass is 10.0. The zero-order chi connectivity index (χ0) is 18.1. The average molecular weight is 340 g/mol. The Balaban J connectivity index is 2.23. The predicted octanol–water partition coefficient (Wildman–Crippen LogP) is 3.77. The highest BCUT2D eigenvalue weighted by Crippen LogP contribution is 2.35. The Kier molecular flexibility index (Phi) is 4.86. The Bertz CT molecular complexity index is 735. The first-order valence-corrected chi connectivity index (χ1v) is 7.30. The molecule has 0 aliphatic rings. The van der Waals surface area contributed by atoms with Crippen LogP contribution in [0.25, 0.3) is 0 Å². The van der Waals surface area contributed by atoms with Crippen LogP contribution in [0.1, 0.15) is 28.6 Å². The fourth-order valence-electron chi connectivity index (χ4n) is 2.46. The molecule has 8 heteroatoms. The van der Waals surface area contributed by atoms with Crippen molar-refractivity contribution in [2.75, 3.05) is 5.32 Å². The Hall–Kier alpha value is -2.51. The van der Waals surface area contributed by atoms with Gasteiger partial charge >= 0.3 is 12.2 Å². The van der Waals surface area contributed by atoms with Crippen LogP contribution in [0.5, 0.6) is 0 Å². The SMILES string of the molecule is Cc1ccc(NC(=O)N[C@@H](c2c(C)nn(C)c2C)C(F)(F)F)cc1. The van der Waals surface area contributed by atoms with E-state index in [0.717, 1.165) is 5.56 Å². The van der Waals surface area contributed by atoms with E-state index < -0.39 is 18.2 Å². The number of benzene rings is 1. The Morgan fingerprint density at radius 3 is 2.21 bits per heavy atom. The van der Waals surface area contributed by atoms with Gasteiger partial charge < -0.3 is 10.6 Å². The second-order valence-corrected chi connectivity index (χ2v) is 5.65. The van der Waals surface area contributed by atoms with E-state index in [-0.39, 0.29) is 11.3 Å². The zero-order valence-electron chi connectivity index (χ0n) is 13.8. The largest absolute Gasteiger partial charge is 0.413 e. The van der Waals surface area contributed by atoms with Crippen molar-refractivity contribution in [2.45, 2.75) is 33.0 Å². The topological polar surface area (TPSA) is 59.0 Å². The molecule has 0 unspecified atom stereocenters. The van der Waals surface area contributed by atoms with Gasteiger partial charge in [-0.05, 0) is 32.9 Å². The number of anilines is 1. The zero-order valence-corrected chi connectivity index (χ0v) is 13.8. The molecule has 0 spiro atoms. The van der Waals surface area contributed by atoms with Crippen molar-refractivity contribution in [1.82, 2.24) is 15.1 Å². The van der Waals surface area contributed by atoms with Gasteiger partial charge in [-0.2, -0.15) is 18.3 Å². The van der Waals surface area contributed by atoms with Crippen LogP contribution in [0.2, 0.25) is 0 Å². The van der Waals surface area contributed by atoms with E-state index in [1.54, 1.807) is 31.3 Å². The number of aromatic nitrogens is 2. The number of alkyl halides is 3. The van der Waals surface area contributed by atoms with Crippen LogP contribution < -0.4 is 10.6 Å². The number of carbonyl (C=O) groups excluding carboxylic acids is 1. The molecule has 0 saturated heterocycles. The highest BCUT2D eigenvalue weighted by Gasteiger charge is 2.44. The van der Waals surface area contributed by atoms with E-state index >= 15 is 0 Å². The molecule has 2 rings (SSSR count). The summed E-state index contributed by atoms with van der Waals surface area (Å²) in [5, 5.41) is 8.40. The van der Waals surface area contributed by atoms with E-state index in [1.807, 2.05) is 12.2 Å². The molecule has 1 atom stereocenters. The Morgan fingerprint density at radius 1 is 1.17 bits per heavy atom. The van der Waals surface area contributed by atoms with Crippen molar-refractivity contribution >= 4 is 11.7 Å². The number of carbonyl (C=O) groups is 1. The Labute approximate surface area is 137 Å². The average Bonchev–Trinajstić information content (AvgIpc) is 2.71. The fraction of sp³-hybridized carbons (Fsp3) is 0.375. The van der Waals surface area contributed by atoms with Gasteiger partial charge in [0.15, 0.2) is 6.04 Å². The number of urea groups is 1. The normalized spacial score (nSPS) is 12.8. The number of aryl methyl sites for hydroxylation is 3. The van der Waals surface area contributed by atoms with Gasteiger partial charge in [0, 0.05) is 24.0 Å². The van der Waals surface area contributed by atoms with Gasteiger partial charge in [-0.15, -0.1) is 0 Å². The van der Waals surface area contributed by atoms with E-state index in [4.69, 9.17) is 0 Å². The van der Waals surface area contributed by atoms with Crippen molar-refractivity contribution < 1.29 is 18.0 Å². The first-order valence-electron chi connectivity index (χ1n) is 7.30. The van der Waals surface area contributed by atoms with Crippen LogP contribution in [0, 0.1) is 20.8 Å². The second-order valence-electron chi connectivity index (χ2n) is 5.65. The van der Waals surface area contributed by atoms with E-state index in [2.05, 4.69) is 10.4 Å². The van der Waals surface area contributed by atoms with Crippen molar-refractivity contribution in [3.63, 3.8) is 0 Å². The molecule has 0 fully saturated rings. The standard InChI is InChI=1S/C16H19F3N4O/c1-9-5-7-12(8-6-9)20-15(24)21-14(16(17,18)19)13-10(2)22-23(4)11(13)3/h5-8,14H,1-4H3,(H2,20,21,24)/t14-/m0/s1. The van der Waals surface area contributed by atoms with E-state index in [0.29, 0.717) is 11.4 Å². The van der Waals surface area contributed by atoms with E-state index in [1.165, 1.54) is 18.5 Å². The van der Waals surface area contributed by atoms with Gasteiger partial charge in [-0.25, -0.2) is 4.79 Å². The number of rotatable bonds is 3. The van der Waals surface area contributed by atoms with Crippen molar-refractivity contribution in [3.8, 4) is 0 Å². The summed E-state index contributed by atoms with van der Waals surface area (Å²) < 4.78 is 41.7. The molecule has 2 aromatic rings. The van der Waals surface area contributed by atoms with Gasteiger partial charge in [-0.3, -0.25) is 4.68 Å². The number of hydrogen-bond donors (Lipinski definition) is 2. The summed E-state index contributed by atoms with van der Waals surface area (Å²) in [6.45, 7) is 4.89. The molecule has 2 amide bonds. The summed E-state index contributed by atoms with van der Waals surface area (Å²) in [5.74, 6) is 0. The lowest BCUT2D eigenvalue weighted by molar-refractivity contribution is -0.155. The summed E-state index contributed by atoms with van der Waals surface area (Å²) in [6.07, 6.45) is -4.64. The third-order valence-electron chi connectivity index (χ3n) is 3.77. The molecular formula is C16H19F3N4O. The summed E-state index contributed by atoms with van der Waals surface area (Å²) in [7, 11) is 1.56. The summed E-state index contributed by atoms with van der Waals surface area (Å²) in [6, 6.07) is 3.70. The molecule has 1 heterocycles. The highest BCUT2D eigenvalue weighted by atomic mass is 19.4. The van der Waals surface area contributed by atoms with Crippen LogP contribution in [-0.2, 0) is 7.05 Å². The Morgan fingerprint density at radius 2 is 1.75 bits per heavy atom. The molecule has 0 radical (unpaired) electrons. The minimum absolute atomic E-state index is 0.0379. The molecule has 0 aliphatic carbocycles. The maximum absolute atomic E-state index is 13.4. The quantitative estimate of drug-likeness (QED) is 0.893. The molecule has 5 nitrogen and oxygen atoms in total. The van der Waals surface area contributed by atoms with Crippen LogP contribution in [-0.4, -0.2) is 22.0 Å². The smallest absolute Gasteiger partial charge is 0.322 e. The van der Waals surface area contributed by atoms with Crippen LogP contribution in [0.3, 0.4) is 0 Å².